The van der Waals surface area contributed by atoms with Crippen molar-refractivity contribution in [3.8, 4) is 0 Å². The lowest BCUT2D eigenvalue weighted by Gasteiger charge is -2.09. The maximum absolute atomic E-state index is 12.0. The van der Waals surface area contributed by atoms with Crippen molar-refractivity contribution >= 4 is 10.0 Å². The standard InChI is InChI=1S/C9H16F2N4O2S/c1-6(2)12-3-7-4-13-15-9(7)18(16,17)14-5-8(10)11/h4,6,8,12,14H,3,5H2,1-2H3,(H,13,15). The molecule has 0 saturated heterocycles. The van der Waals surface area contributed by atoms with Crippen LogP contribution in [0.1, 0.15) is 19.4 Å². The number of alkyl halides is 2. The van der Waals surface area contributed by atoms with Crippen molar-refractivity contribution in [3.63, 3.8) is 0 Å². The Morgan fingerprint density at radius 2 is 2.11 bits per heavy atom. The van der Waals surface area contributed by atoms with Crippen molar-refractivity contribution in [1.29, 1.82) is 0 Å². The summed E-state index contributed by atoms with van der Waals surface area (Å²) in [7, 11) is -3.98. The van der Waals surface area contributed by atoms with E-state index in [4.69, 9.17) is 0 Å². The van der Waals surface area contributed by atoms with Crippen LogP contribution in [0.3, 0.4) is 0 Å². The Labute approximate surface area is 104 Å². The van der Waals surface area contributed by atoms with Gasteiger partial charge in [0, 0.05) is 18.2 Å². The first-order valence-electron chi connectivity index (χ1n) is 5.36. The predicted octanol–water partition coefficient (Wildman–Crippen LogP) is 0.451. The molecule has 9 heteroatoms. The molecule has 0 amide bonds. The molecule has 0 aliphatic rings. The summed E-state index contributed by atoms with van der Waals surface area (Å²) < 4.78 is 49.2. The van der Waals surface area contributed by atoms with Crippen molar-refractivity contribution < 1.29 is 17.2 Å². The monoisotopic (exact) mass is 282 g/mol. The molecule has 1 heterocycles. The zero-order chi connectivity index (χ0) is 13.8. The van der Waals surface area contributed by atoms with Crippen molar-refractivity contribution in [1.82, 2.24) is 20.2 Å². The fourth-order valence-corrected chi connectivity index (χ4v) is 2.35. The molecule has 0 aromatic carbocycles. The number of H-pyrrole nitrogens is 1. The molecule has 0 spiro atoms. The smallest absolute Gasteiger partial charge is 0.257 e. The van der Waals surface area contributed by atoms with E-state index in [2.05, 4.69) is 15.5 Å². The Kier molecular flexibility index (Phi) is 5.17. The SMILES string of the molecule is CC(C)NCc1cn[nH]c1S(=O)(=O)NCC(F)F. The van der Waals surface area contributed by atoms with Gasteiger partial charge in [0.1, 0.15) is 0 Å². The molecule has 18 heavy (non-hydrogen) atoms. The van der Waals surface area contributed by atoms with Crippen LogP contribution in [0, 0.1) is 0 Å². The number of halogens is 2. The summed E-state index contributed by atoms with van der Waals surface area (Å²) in [6, 6.07) is 0.171. The molecule has 0 fully saturated rings. The molecule has 1 rings (SSSR count). The molecule has 3 N–H and O–H groups in total. The van der Waals surface area contributed by atoms with Crippen LogP contribution in [0.2, 0.25) is 0 Å². The third kappa shape index (κ3) is 4.31. The van der Waals surface area contributed by atoms with E-state index >= 15 is 0 Å². The molecule has 0 saturated carbocycles. The number of hydrogen-bond donors (Lipinski definition) is 3. The van der Waals surface area contributed by atoms with Crippen LogP contribution in [0.25, 0.3) is 0 Å². The summed E-state index contributed by atoms with van der Waals surface area (Å²) in [6.07, 6.45) is -1.38. The molecule has 6 nitrogen and oxygen atoms in total. The second kappa shape index (κ2) is 6.21. The molecular formula is C9H16F2N4O2S. The fourth-order valence-electron chi connectivity index (χ4n) is 1.22. The van der Waals surface area contributed by atoms with Crippen molar-refractivity contribution in [3.05, 3.63) is 11.8 Å². The number of aromatic nitrogens is 2. The van der Waals surface area contributed by atoms with Gasteiger partial charge in [-0.1, -0.05) is 13.8 Å². The van der Waals surface area contributed by atoms with Crippen LogP contribution in [0.5, 0.6) is 0 Å². The summed E-state index contributed by atoms with van der Waals surface area (Å²) in [6.45, 7) is 3.18. The highest BCUT2D eigenvalue weighted by atomic mass is 32.2. The first kappa shape index (κ1) is 15.0. The average molecular weight is 282 g/mol. The number of aromatic amines is 1. The minimum atomic E-state index is -3.98. The van der Waals surface area contributed by atoms with E-state index in [9.17, 15) is 17.2 Å². The van der Waals surface area contributed by atoms with Crippen LogP contribution < -0.4 is 10.0 Å². The van der Waals surface area contributed by atoms with Gasteiger partial charge in [0.05, 0.1) is 12.7 Å². The van der Waals surface area contributed by atoms with Gasteiger partial charge in [-0.3, -0.25) is 5.10 Å². The van der Waals surface area contributed by atoms with Gasteiger partial charge >= 0.3 is 0 Å². The number of hydrogen-bond acceptors (Lipinski definition) is 4. The summed E-state index contributed by atoms with van der Waals surface area (Å²) in [5.41, 5.74) is 0.408. The molecule has 0 unspecified atom stereocenters. The number of rotatable bonds is 7. The lowest BCUT2D eigenvalue weighted by Crippen LogP contribution is -2.30. The van der Waals surface area contributed by atoms with E-state index in [-0.39, 0.29) is 11.1 Å². The first-order chi connectivity index (χ1) is 8.33. The predicted molar refractivity (Wildman–Crippen MR) is 61.8 cm³/mol. The lowest BCUT2D eigenvalue weighted by atomic mass is 10.3. The van der Waals surface area contributed by atoms with E-state index < -0.39 is 23.0 Å². The van der Waals surface area contributed by atoms with E-state index in [0.717, 1.165) is 0 Å². The largest absolute Gasteiger partial charge is 0.310 e. The molecule has 0 aliphatic heterocycles. The number of sulfonamides is 1. The maximum Gasteiger partial charge on any atom is 0.257 e. The average Bonchev–Trinajstić information content (AvgIpc) is 2.72. The Morgan fingerprint density at radius 1 is 1.44 bits per heavy atom. The quantitative estimate of drug-likeness (QED) is 0.677. The van der Waals surface area contributed by atoms with E-state index in [1.54, 1.807) is 0 Å². The third-order valence-electron chi connectivity index (χ3n) is 2.08. The van der Waals surface area contributed by atoms with E-state index in [1.807, 2.05) is 18.6 Å². The first-order valence-corrected chi connectivity index (χ1v) is 6.84. The van der Waals surface area contributed by atoms with Crippen molar-refractivity contribution in [2.75, 3.05) is 6.54 Å². The van der Waals surface area contributed by atoms with Crippen LogP contribution >= 0.6 is 0 Å². The molecule has 0 aliphatic carbocycles. The lowest BCUT2D eigenvalue weighted by molar-refractivity contribution is 0.153. The zero-order valence-corrected chi connectivity index (χ0v) is 10.9. The minimum Gasteiger partial charge on any atom is -0.310 e. The van der Waals surface area contributed by atoms with Gasteiger partial charge in [0.25, 0.3) is 16.4 Å². The summed E-state index contributed by atoms with van der Waals surface area (Å²) >= 11 is 0. The Bertz CT molecular complexity index is 473. The number of nitrogens with one attached hydrogen (secondary N) is 3. The van der Waals surface area contributed by atoms with Gasteiger partial charge in [0.2, 0.25) is 0 Å². The molecular weight excluding hydrogens is 266 g/mol. The Hall–Kier alpha value is -1.06. The topological polar surface area (TPSA) is 86.9 Å². The second-order valence-electron chi connectivity index (χ2n) is 4.00. The van der Waals surface area contributed by atoms with E-state index in [0.29, 0.717) is 12.1 Å². The third-order valence-corrected chi connectivity index (χ3v) is 3.51. The van der Waals surface area contributed by atoms with Crippen molar-refractivity contribution in [2.45, 2.75) is 37.9 Å². The number of nitrogens with zero attached hydrogens (tertiary/aromatic N) is 1. The van der Waals surface area contributed by atoms with E-state index in [1.165, 1.54) is 6.20 Å². The van der Waals surface area contributed by atoms with Gasteiger partial charge in [-0.2, -0.15) is 5.10 Å². The van der Waals surface area contributed by atoms with Gasteiger partial charge in [-0.15, -0.1) is 0 Å². The van der Waals surface area contributed by atoms with Gasteiger partial charge < -0.3 is 5.32 Å². The van der Waals surface area contributed by atoms with Crippen LogP contribution in [-0.2, 0) is 16.6 Å². The Morgan fingerprint density at radius 3 is 2.67 bits per heavy atom. The highest BCUT2D eigenvalue weighted by molar-refractivity contribution is 7.89. The van der Waals surface area contributed by atoms with Gasteiger partial charge in [0.15, 0.2) is 5.03 Å². The van der Waals surface area contributed by atoms with Gasteiger partial charge in [-0.25, -0.2) is 21.9 Å². The zero-order valence-electron chi connectivity index (χ0n) is 10.1. The molecule has 104 valence electrons. The summed E-state index contributed by atoms with van der Waals surface area (Å²) in [4.78, 5) is 0. The van der Waals surface area contributed by atoms with Crippen LogP contribution in [0.4, 0.5) is 8.78 Å². The fraction of sp³-hybridized carbons (Fsp3) is 0.667. The Balaban J connectivity index is 2.79. The molecule has 1 aromatic heterocycles. The molecule has 0 bridgehead atoms. The highest BCUT2D eigenvalue weighted by Crippen LogP contribution is 2.11. The van der Waals surface area contributed by atoms with Crippen molar-refractivity contribution in [2.24, 2.45) is 0 Å². The molecule has 1 aromatic rings. The van der Waals surface area contributed by atoms with Crippen LogP contribution in [-0.4, -0.2) is 37.6 Å². The second-order valence-corrected chi connectivity index (χ2v) is 5.71. The molecule has 0 atom stereocenters. The summed E-state index contributed by atoms with van der Waals surface area (Å²) in [5, 5.41) is 8.77. The summed E-state index contributed by atoms with van der Waals surface area (Å²) in [5.74, 6) is 0. The van der Waals surface area contributed by atoms with Gasteiger partial charge in [-0.05, 0) is 0 Å². The molecule has 0 radical (unpaired) electrons. The minimum absolute atomic E-state index is 0.171. The normalized spacial score (nSPS) is 12.6. The van der Waals surface area contributed by atoms with Crippen LogP contribution in [0.15, 0.2) is 11.2 Å². The highest BCUT2D eigenvalue weighted by Gasteiger charge is 2.21. The maximum atomic E-state index is 12.0.